The molecule has 8 heteroatoms. The third kappa shape index (κ3) is 4.17. The van der Waals surface area contributed by atoms with Crippen LogP contribution < -0.4 is 5.32 Å². The molecule has 1 heterocycles. The summed E-state index contributed by atoms with van der Waals surface area (Å²) >= 11 is 0. The van der Waals surface area contributed by atoms with E-state index in [1.54, 1.807) is 13.8 Å². The molecule has 1 atom stereocenters. The van der Waals surface area contributed by atoms with Gasteiger partial charge in [-0.1, -0.05) is 13.8 Å². The highest BCUT2D eigenvalue weighted by Crippen LogP contribution is 2.22. The number of carboxylic acids is 1. The van der Waals surface area contributed by atoms with Gasteiger partial charge in [-0.2, -0.15) is 4.31 Å². The van der Waals surface area contributed by atoms with Gasteiger partial charge in [0.1, 0.15) is 6.04 Å². The van der Waals surface area contributed by atoms with Crippen LogP contribution in [0.4, 0.5) is 0 Å². The van der Waals surface area contributed by atoms with Crippen LogP contribution in [-0.4, -0.2) is 54.6 Å². The quantitative estimate of drug-likeness (QED) is 0.695. The van der Waals surface area contributed by atoms with Gasteiger partial charge in [-0.15, -0.1) is 0 Å². The highest BCUT2D eigenvalue weighted by atomic mass is 32.2. The lowest BCUT2D eigenvalue weighted by molar-refractivity contribution is -0.137. The van der Waals surface area contributed by atoms with E-state index in [0.29, 0.717) is 13.0 Å². The summed E-state index contributed by atoms with van der Waals surface area (Å²) in [5, 5.41) is 11.0. The summed E-state index contributed by atoms with van der Waals surface area (Å²) in [6.07, 6.45) is 0.345. The Labute approximate surface area is 113 Å². The maximum atomic E-state index is 12.0. The molecule has 1 aliphatic rings. The summed E-state index contributed by atoms with van der Waals surface area (Å²) in [6.45, 7) is 3.90. The molecule has 1 fully saturated rings. The number of aliphatic carboxylic acids is 1. The molecule has 110 valence electrons. The number of carbonyl (C=O) groups is 2. The number of sulfonamides is 1. The molecule has 0 bridgehead atoms. The Morgan fingerprint density at radius 1 is 1.37 bits per heavy atom. The molecule has 1 unspecified atom stereocenters. The zero-order valence-corrected chi connectivity index (χ0v) is 11.9. The van der Waals surface area contributed by atoms with Crippen LogP contribution in [0.1, 0.15) is 26.7 Å². The van der Waals surface area contributed by atoms with E-state index in [1.807, 2.05) is 0 Å². The molecule has 1 aliphatic heterocycles. The van der Waals surface area contributed by atoms with Crippen LogP contribution in [0.15, 0.2) is 0 Å². The Morgan fingerprint density at radius 2 is 2.00 bits per heavy atom. The van der Waals surface area contributed by atoms with Crippen molar-refractivity contribution in [1.29, 1.82) is 0 Å². The summed E-state index contributed by atoms with van der Waals surface area (Å²) in [5.74, 6) is -1.53. The normalized spacial score (nSPS) is 20.4. The van der Waals surface area contributed by atoms with Crippen LogP contribution in [0.3, 0.4) is 0 Å². The maximum absolute atomic E-state index is 12.0. The fourth-order valence-electron chi connectivity index (χ4n) is 2.13. The van der Waals surface area contributed by atoms with Gasteiger partial charge in [-0.3, -0.25) is 9.59 Å². The lowest BCUT2D eigenvalue weighted by atomic mass is 10.0. The van der Waals surface area contributed by atoms with E-state index in [1.165, 1.54) is 4.31 Å². The van der Waals surface area contributed by atoms with Gasteiger partial charge >= 0.3 is 5.97 Å². The molecular weight excluding hydrogens is 272 g/mol. The number of carbonyl (C=O) groups excluding carboxylic acids is 1. The second-order valence-electron chi connectivity index (χ2n) is 4.90. The molecule has 0 aromatic carbocycles. The minimum atomic E-state index is -3.36. The van der Waals surface area contributed by atoms with E-state index < -0.39 is 27.9 Å². The minimum absolute atomic E-state index is 0.00523. The SMILES string of the molecule is CC(C)C(C(=O)NCCC(=O)O)N1CCCS1(=O)=O. The standard InChI is InChI=1S/C11H20N2O5S/c1-8(2)10(11(16)12-5-4-9(14)15)13-6-3-7-19(13,17)18/h8,10H,3-7H2,1-2H3,(H,12,16)(H,14,15). The Bertz CT molecular complexity index is 446. The topological polar surface area (TPSA) is 104 Å². The molecule has 0 spiro atoms. The molecule has 0 saturated carbocycles. The van der Waals surface area contributed by atoms with Gasteiger partial charge in [0.15, 0.2) is 0 Å². The Balaban J connectivity index is 2.72. The largest absolute Gasteiger partial charge is 0.481 e. The van der Waals surface area contributed by atoms with Gasteiger partial charge in [0.2, 0.25) is 15.9 Å². The molecule has 19 heavy (non-hydrogen) atoms. The average Bonchev–Trinajstić information content (AvgIpc) is 2.58. The summed E-state index contributed by atoms with van der Waals surface area (Å²) in [6, 6.07) is -0.763. The highest BCUT2D eigenvalue weighted by molar-refractivity contribution is 7.89. The smallest absolute Gasteiger partial charge is 0.305 e. The van der Waals surface area contributed by atoms with Crippen LogP contribution in [-0.2, 0) is 19.6 Å². The molecule has 0 aromatic heterocycles. The van der Waals surface area contributed by atoms with Crippen LogP contribution in [0.5, 0.6) is 0 Å². The number of rotatable bonds is 6. The van der Waals surface area contributed by atoms with Crippen LogP contribution in [0.2, 0.25) is 0 Å². The molecule has 1 rings (SSSR count). The fourth-order valence-corrected chi connectivity index (χ4v) is 3.96. The van der Waals surface area contributed by atoms with Crippen LogP contribution in [0, 0.1) is 5.92 Å². The molecule has 0 radical (unpaired) electrons. The first-order valence-corrected chi connectivity index (χ1v) is 7.85. The first-order chi connectivity index (χ1) is 8.75. The van der Waals surface area contributed by atoms with Crippen molar-refractivity contribution in [2.75, 3.05) is 18.8 Å². The third-order valence-corrected chi connectivity index (χ3v) is 4.92. The van der Waals surface area contributed by atoms with Crippen LogP contribution >= 0.6 is 0 Å². The summed E-state index contributed by atoms with van der Waals surface area (Å²) in [4.78, 5) is 22.4. The van der Waals surface area contributed by atoms with Gasteiger partial charge in [0.25, 0.3) is 0 Å². The number of nitrogens with zero attached hydrogens (tertiary/aromatic N) is 1. The van der Waals surface area contributed by atoms with Crippen molar-refractivity contribution in [3.8, 4) is 0 Å². The number of carboxylic acid groups (broad SMARTS) is 1. The fraction of sp³-hybridized carbons (Fsp3) is 0.818. The zero-order chi connectivity index (χ0) is 14.6. The van der Waals surface area contributed by atoms with Crippen LogP contribution in [0.25, 0.3) is 0 Å². The number of amides is 1. The van der Waals surface area contributed by atoms with E-state index >= 15 is 0 Å². The first-order valence-electron chi connectivity index (χ1n) is 6.24. The molecule has 1 amide bonds. The molecule has 0 aliphatic carbocycles. The second kappa shape index (κ2) is 6.33. The van der Waals surface area contributed by atoms with E-state index in [-0.39, 0.29) is 24.6 Å². The Hall–Kier alpha value is -1.15. The number of nitrogens with one attached hydrogen (secondary N) is 1. The van der Waals surface area contributed by atoms with Gasteiger partial charge in [-0.25, -0.2) is 8.42 Å². The summed E-state index contributed by atoms with van der Waals surface area (Å²) < 4.78 is 24.9. The first kappa shape index (κ1) is 15.9. The van der Waals surface area contributed by atoms with Crippen molar-refractivity contribution < 1.29 is 23.1 Å². The van der Waals surface area contributed by atoms with E-state index in [4.69, 9.17) is 5.11 Å². The molecular formula is C11H20N2O5S. The Morgan fingerprint density at radius 3 is 2.42 bits per heavy atom. The van der Waals surface area contributed by atoms with Gasteiger partial charge < -0.3 is 10.4 Å². The lowest BCUT2D eigenvalue weighted by Crippen LogP contribution is -2.50. The van der Waals surface area contributed by atoms with Crippen molar-refractivity contribution in [1.82, 2.24) is 9.62 Å². The predicted molar refractivity (Wildman–Crippen MR) is 69.0 cm³/mol. The second-order valence-corrected chi connectivity index (χ2v) is 6.94. The number of hydrogen-bond donors (Lipinski definition) is 2. The summed E-state index contributed by atoms with van der Waals surface area (Å²) in [5.41, 5.74) is 0. The Kier molecular flexibility index (Phi) is 5.30. The van der Waals surface area contributed by atoms with E-state index in [9.17, 15) is 18.0 Å². The monoisotopic (exact) mass is 292 g/mol. The van der Waals surface area contributed by atoms with Crippen molar-refractivity contribution in [3.05, 3.63) is 0 Å². The number of hydrogen-bond acceptors (Lipinski definition) is 4. The molecule has 7 nitrogen and oxygen atoms in total. The predicted octanol–water partition coefficient (Wildman–Crippen LogP) is -0.363. The molecule has 2 N–H and O–H groups in total. The maximum Gasteiger partial charge on any atom is 0.305 e. The van der Waals surface area contributed by atoms with Crippen molar-refractivity contribution in [3.63, 3.8) is 0 Å². The van der Waals surface area contributed by atoms with E-state index in [0.717, 1.165) is 0 Å². The van der Waals surface area contributed by atoms with Crippen molar-refractivity contribution in [2.45, 2.75) is 32.7 Å². The van der Waals surface area contributed by atoms with Gasteiger partial charge in [0, 0.05) is 13.1 Å². The lowest BCUT2D eigenvalue weighted by Gasteiger charge is -2.28. The van der Waals surface area contributed by atoms with Crippen molar-refractivity contribution >= 4 is 21.9 Å². The summed E-state index contributed by atoms with van der Waals surface area (Å²) in [7, 11) is -3.36. The average molecular weight is 292 g/mol. The van der Waals surface area contributed by atoms with Crippen molar-refractivity contribution in [2.24, 2.45) is 5.92 Å². The zero-order valence-electron chi connectivity index (χ0n) is 11.1. The van der Waals surface area contributed by atoms with E-state index in [2.05, 4.69) is 5.32 Å². The molecule has 1 saturated heterocycles. The molecule has 0 aromatic rings. The van der Waals surface area contributed by atoms with Gasteiger partial charge in [-0.05, 0) is 12.3 Å². The van der Waals surface area contributed by atoms with Gasteiger partial charge in [0.05, 0.1) is 12.2 Å². The minimum Gasteiger partial charge on any atom is -0.481 e. The highest BCUT2D eigenvalue weighted by Gasteiger charge is 2.39. The third-order valence-electron chi connectivity index (χ3n) is 2.99.